The first-order chi connectivity index (χ1) is 15.8. The maximum Gasteiger partial charge on any atom is 0.257 e. The molecule has 3 amide bonds. The Morgan fingerprint density at radius 2 is 1.91 bits per heavy atom. The van der Waals surface area contributed by atoms with Gasteiger partial charge in [-0.05, 0) is 31.2 Å². The van der Waals surface area contributed by atoms with Gasteiger partial charge in [0.2, 0.25) is 11.8 Å². The minimum atomic E-state index is -1.62. The Kier molecular flexibility index (Phi) is 8.41. The highest BCUT2D eigenvalue weighted by Crippen LogP contribution is 2.33. The highest BCUT2D eigenvalue weighted by molar-refractivity contribution is 5.91. The summed E-state index contributed by atoms with van der Waals surface area (Å²) in [5.41, 5.74) is 7.09. The lowest BCUT2D eigenvalue weighted by Gasteiger charge is -2.38. The van der Waals surface area contributed by atoms with E-state index < -0.39 is 30.1 Å². The van der Waals surface area contributed by atoms with Gasteiger partial charge in [-0.2, -0.15) is 0 Å². The second-order valence-electron chi connectivity index (χ2n) is 9.55. The maximum absolute atomic E-state index is 14.3. The highest BCUT2D eigenvalue weighted by atomic mass is 35.5. The summed E-state index contributed by atoms with van der Waals surface area (Å²) in [6.07, 6.45) is 0.715. The number of ether oxygens (including phenoxy) is 1. The predicted octanol–water partition coefficient (Wildman–Crippen LogP) is 1.96. The van der Waals surface area contributed by atoms with Gasteiger partial charge in [0.25, 0.3) is 5.91 Å². The monoisotopic (exact) mass is 496 g/mol. The number of hydrogen-bond donors (Lipinski definition) is 2. The van der Waals surface area contributed by atoms with Gasteiger partial charge >= 0.3 is 0 Å². The van der Waals surface area contributed by atoms with Crippen LogP contribution in [0.4, 0.5) is 4.39 Å². The second-order valence-corrected chi connectivity index (χ2v) is 9.55. The van der Waals surface area contributed by atoms with E-state index in [1.165, 1.54) is 4.90 Å². The molecule has 0 spiro atoms. The van der Waals surface area contributed by atoms with Crippen LogP contribution in [-0.4, -0.2) is 71.5 Å². The van der Waals surface area contributed by atoms with Gasteiger partial charge in [-0.15, -0.1) is 12.4 Å². The van der Waals surface area contributed by atoms with E-state index in [4.69, 9.17) is 10.5 Å². The largest absolute Gasteiger partial charge is 0.493 e. The van der Waals surface area contributed by atoms with Crippen LogP contribution in [0.3, 0.4) is 0 Å². The fourth-order valence-electron chi connectivity index (χ4n) is 5.08. The van der Waals surface area contributed by atoms with Crippen molar-refractivity contribution < 1.29 is 23.5 Å². The van der Waals surface area contributed by atoms with Crippen molar-refractivity contribution in [3.8, 4) is 5.75 Å². The van der Waals surface area contributed by atoms with E-state index >= 15 is 0 Å². The van der Waals surface area contributed by atoms with Crippen molar-refractivity contribution >= 4 is 30.1 Å². The summed E-state index contributed by atoms with van der Waals surface area (Å²) in [5.74, 6) is -0.854. The number of benzene rings is 1. The lowest BCUT2D eigenvalue weighted by atomic mass is 10.00. The average molecular weight is 497 g/mol. The van der Waals surface area contributed by atoms with Gasteiger partial charge < -0.3 is 25.6 Å². The number of nitrogens with zero attached hydrogens (tertiary/aromatic N) is 2. The number of para-hydroxylation sites is 1. The van der Waals surface area contributed by atoms with E-state index in [-0.39, 0.29) is 42.8 Å². The van der Waals surface area contributed by atoms with Crippen molar-refractivity contribution in [1.29, 1.82) is 0 Å². The Hall–Kier alpha value is -2.39. The van der Waals surface area contributed by atoms with Gasteiger partial charge in [-0.1, -0.05) is 32.0 Å². The molecule has 0 saturated carbocycles. The predicted molar refractivity (Wildman–Crippen MR) is 127 cm³/mol. The molecule has 5 atom stereocenters. The molecule has 0 aromatic heterocycles. The van der Waals surface area contributed by atoms with Crippen molar-refractivity contribution in [2.45, 2.75) is 69.9 Å². The number of carbonyl (C=O) groups is 3. The number of hydrogen-bond acceptors (Lipinski definition) is 5. The second kappa shape index (κ2) is 10.9. The summed E-state index contributed by atoms with van der Waals surface area (Å²) in [6, 6.07) is 5.66. The molecule has 2 saturated heterocycles. The molecule has 10 heteroatoms. The van der Waals surface area contributed by atoms with Crippen molar-refractivity contribution in [2.24, 2.45) is 11.7 Å². The van der Waals surface area contributed by atoms with E-state index in [0.29, 0.717) is 38.8 Å². The Bertz CT molecular complexity index is 917. The number of nitrogens with two attached hydrogens (primary N) is 1. The zero-order valence-electron chi connectivity index (χ0n) is 19.6. The molecule has 4 rings (SSSR count). The van der Waals surface area contributed by atoms with Gasteiger partial charge in [0.1, 0.15) is 17.8 Å². The van der Waals surface area contributed by atoms with Crippen molar-refractivity contribution in [2.75, 3.05) is 19.7 Å². The molecule has 2 fully saturated rings. The fraction of sp³-hybridized carbons (Fsp3) is 0.625. The number of halogens is 2. The maximum atomic E-state index is 14.3. The first kappa shape index (κ1) is 26.2. The number of carbonyl (C=O) groups excluding carboxylic acids is 3. The third-order valence-electron chi connectivity index (χ3n) is 6.93. The van der Waals surface area contributed by atoms with Crippen LogP contribution in [0.5, 0.6) is 5.75 Å². The molecule has 0 aliphatic carbocycles. The summed E-state index contributed by atoms with van der Waals surface area (Å²) >= 11 is 0. The van der Waals surface area contributed by atoms with E-state index in [9.17, 15) is 18.8 Å². The summed E-state index contributed by atoms with van der Waals surface area (Å²) in [6.45, 7) is 4.08. The van der Waals surface area contributed by atoms with E-state index in [0.717, 1.165) is 11.3 Å². The minimum Gasteiger partial charge on any atom is -0.493 e. The number of rotatable bonds is 4. The molecular weight excluding hydrogens is 463 g/mol. The van der Waals surface area contributed by atoms with Crippen molar-refractivity contribution in [3.63, 3.8) is 0 Å². The number of fused-ring (bicyclic) bond motifs is 2. The van der Waals surface area contributed by atoms with Crippen LogP contribution in [0.15, 0.2) is 24.3 Å². The van der Waals surface area contributed by atoms with Gasteiger partial charge in [0.05, 0.1) is 12.6 Å². The van der Waals surface area contributed by atoms with Crippen LogP contribution >= 0.6 is 12.4 Å². The molecule has 188 valence electrons. The summed E-state index contributed by atoms with van der Waals surface area (Å²) in [4.78, 5) is 42.0. The molecule has 1 aromatic carbocycles. The summed E-state index contributed by atoms with van der Waals surface area (Å²) < 4.78 is 20.0. The molecule has 0 unspecified atom stereocenters. The lowest BCUT2D eigenvalue weighted by Crippen LogP contribution is -2.60. The van der Waals surface area contributed by atoms with Crippen LogP contribution < -0.4 is 15.8 Å². The minimum absolute atomic E-state index is 0. The Morgan fingerprint density at radius 1 is 1.18 bits per heavy atom. The molecule has 0 radical (unpaired) electrons. The molecule has 3 aliphatic rings. The van der Waals surface area contributed by atoms with Gasteiger partial charge in [-0.25, -0.2) is 4.39 Å². The summed E-state index contributed by atoms with van der Waals surface area (Å²) in [7, 11) is 0. The summed E-state index contributed by atoms with van der Waals surface area (Å²) in [5, 5.41) is 3.11. The van der Waals surface area contributed by atoms with Crippen LogP contribution in [0.25, 0.3) is 0 Å². The quantitative estimate of drug-likeness (QED) is 0.663. The molecule has 3 N–H and O–H groups in total. The fourth-order valence-corrected chi connectivity index (χ4v) is 5.08. The standard InChI is InChI=1S/C24H33FN4O4.ClH/c1-14(2)21(25)24(32)28-11-9-15-7-8-19(29(15)23(31)17(26)13-28)22(30)27-18-10-12-33-20-6-4-3-5-16(18)20;/h3-6,14-15,17-19,21H,7-13,26H2,1-2H3,(H,27,30);1H/t15-,17+,18-,19+,21-;/m1./s1. The van der Waals surface area contributed by atoms with E-state index in [1.807, 2.05) is 24.3 Å². The zero-order valence-corrected chi connectivity index (χ0v) is 20.4. The third-order valence-corrected chi connectivity index (χ3v) is 6.93. The Labute approximate surface area is 205 Å². The first-order valence-corrected chi connectivity index (χ1v) is 11.8. The number of amides is 3. The molecular formula is C24H34ClFN4O4. The Morgan fingerprint density at radius 3 is 2.65 bits per heavy atom. The zero-order chi connectivity index (χ0) is 23.7. The van der Waals surface area contributed by atoms with Crippen LogP contribution in [0.1, 0.15) is 51.1 Å². The molecule has 0 bridgehead atoms. The Balaban J connectivity index is 0.00000324. The molecule has 3 aliphatic heterocycles. The molecule has 1 aromatic rings. The highest BCUT2D eigenvalue weighted by Gasteiger charge is 2.45. The van der Waals surface area contributed by atoms with Gasteiger partial charge in [-0.3, -0.25) is 14.4 Å². The van der Waals surface area contributed by atoms with Crippen LogP contribution in [0.2, 0.25) is 0 Å². The van der Waals surface area contributed by atoms with Crippen LogP contribution in [0, 0.1) is 5.92 Å². The van der Waals surface area contributed by atoms with E-state index in [1.54, 1.807) is 18.7 Å². The van der Waals surface area contributed by atoms with Gasteiger partial charge in [0.15, 0.2) is 6.17 Å². The SMILES string of the molecule is CC(C)[C@@H](F)C(=O)N1CC[C@H]2CC[C@@H](C(=O)N[C@@H]3CCOc4ccccc43)N2C(=O)[C@@H](N)C1.Cl. The molecule has 3 heterocycles. The van der Waals surface area contributed by atoms with Crippen molar-refractivity contribution in [3.05, 3.63) is 29.8 Å². The van der Waals surface area contributed by atoms with E-state index in [2.05, 4.69) is 5.32 Å². The third kappa shape index (κ3) is 5.15. The molecule has 8 nitrogen and oxygen atoms in total. The number of nitrogens with one attached hydrogen (secondary N) is 1. The smallest absolute Gasteiger partial charge is 0.257 e. The topological polar surface area (TPSA) is 105 Å². The molecule has 34 heavy (non-hydrogen) atoms. The number of alkyl halides is 1. The first-order valence-electron chi connectivity index (χ1n) is 11.8. The van der Waals surface area contributed by atoms with Gasteiger partial charge in [0, 0.05) is 31.1 Å². The van der Waals surface area contributed by atoms with Crippen molar-refractivity contribution in [1.82, 2.24) is 15.1 Å². The average Bonchev–Trinajstić information content (AvgIpc) is 3.23. The normalized spacial score (nSPS) is 27.5. The lowest BCUT2D eigenvalue weighted by molar-refractivity contribution is -0.146. The van der Waals surface area contributed by atoms with Crippen LogP contribution in [-0.2, 0) is 14.4 Å².